The number of hydrogen-bond acceptors (Lipinski definition) is 3. The fourth-order valence-corrected chi connectivity index (χ4v) is 3.59. The SMILES string of the molecule is CCC(N)C(c1cccc(F)c1)N1CCCSCC1. The van der Waals surface area contributed by atoms with Gasteiger partial charge in [0.2, 0.25) is 0 Å². The van der Waals surface area contributed by atoms with Crippen molar-refractivity contribution >= 4 is 11.8 Å². The van der Waals surface area contributed by atoms with Gasteiger partial charge in [-0.1, -0.05) is 19.1 Å². The minimum Gasteiger partial charge on any atom is -0.326 e. The zero-order valence-corrected chi connectivity index (χ0v) is 12.3. The average molecular weight is 282 g/mol. The van der Waals surface area contributed by atoms with E-state index < -0.39 is 0 Å². The summed E-state index contributed by atoms with van der Waals surface area (Å²) in [6, 6.07) is 7.12. The van der Waals surface area contributed by atoms with Crippen LogP contribution in [0.3, 0.4) is 0 Å². The Hall–Kier alpha value is -0.580. The summed E-state index contributed by atoms with van der Waals surface area (Å²) in [6.07, 6.45) is 2.09. The maximum absolute atomic E-state index is 13.5. The summed E-state index contributed by atoms with van der Waals surface area (Å²) >= 11 is 2.00. The van der Waals surface area contributed by atoms with Crippen LogP contribution >= 0.6 is 11.8 Å². The number of thioether (sulfide) groups is 1. The van der Waals surface area contributed by atoms with E-state index in [-0.39, 0.29) is 17.9 Å². The van der Waals surface area contributed by atoms with Gasteiger partial charge < -0.3 is 5.73 Å². The molecule has 106 valence electrons. The van der Waals surface area contributed by atoms with Crippen LogP contribution in [0.15, 0.2) is 24.3 Å². The minimum atomic E-state index is -0.171. The highest BCUT2D eigenvalue weighted by Crippen LogP contribution is 2.27. The van der Waals surface area contributed by atoms with Crippen LogP contribution in [-0.2, 0) is 0 Å². The van der Waals surface area contributed by atoms with Gasteiger partial charge in [0.05, 0.1) is 0 Å². The number of rotatable bonds is 4. The molecule has 0 aromatic heterocycles. The fraction of sp³-hybridized carbons (Fsp3) is 0.600. The molecule has 2 atom stereocenters. The second-order valence-corrected chi connectivity index (χ2v) is 6.30. The van der Waals surface area contributed by atoms with E-state index in [4.69, 9.17) is 5.73 Å². The Kier molecular flexibility index (Phi) is 5.67. The highest BCUT2D eigenvalue weighted by molar-refractivity contribution is 7.99. The van der Waals surface area contributed by atoms with Gasteiger partial charge in [-0.2, -0.15) is 11.8 Å². The fourth-order valence-electron chi connectivity index (χ4n) is 2.69. The second kappa shape index (κ2) is 7.27. The van der Waals surface area contributed by atoms with E-state index >= 15 is 0 Å². The Labute approximate surface area is 119 Å². The molecule has 4 heteroatoms. The van der Waals surface area contributed by atoms with Crippen molar-refractivity contribution in [2.24, 2.45) is 5.73 Å². The third-order valence-corrected chi connectivity index (χ3v) is 4.77. The second-order valence-electron chi connectivity index (χ2n) is 5.07. The van der Waals surface area contributed by atoms with Crippen LogP contribution < -0.4 is 5.73 Å². The largest absolute Gasteiger partial charge is 0.326 e. The molecule has 1 aliphatic heterocycles. The lowest BCUT2D eigenvalue weighted by Gasteiger charge is -2.34. The van der Waals surface area contributed by atoms with Gasteiger partial charge in [-0.3, -0.25) is 4.90 Å². The Morgan fingerprint density at radius 2 is 2.21 bits per heavy atom. The molecule has 1 aromatic rings. The maximum atomic E-state index is 13.5. The normalized spacial score (nSPS) is 20.8. The molecular formula is C15H23FN2S. The molecule has 19 heavy (non-hydrogen) atoms. The minimum absolute atomic E-state index is 0.0601. The Morgan fingerprint density at radius 3 is 2.95 bits per heavy atom. The molecule has 2 N–H and O–H groups in total. The van der Waals surface area contributed by atoms with E-state index in [2.05, 4.69) is 11.8 Å². The van der Waals surface area contributed by atoms with Gasteiger partial charge in [-0.05, 0) is 42.8 Å². The van der Waals surface area contributed by atoms with Crippen LogP contribution in [0.5, 0.6) is 0 Å². The van der Waals surface area contributed by atoms with E-state index in [9.17, 15) is 4.39 Å². The van der Waals surface area contributed by atoms with Gasteiger partial charge in [0.15, 0.2) is 0 Å². The maximum Gasteiger partial charge on any atom is 0.123 e. The first-order valence-electron chi connectivity index (χ1n) is 7.05. The van der Waals surface area contributed by atoms with Gasteiger partial charge in [0, 0.05) is 24.4 Å². The van der Waals surface area contributed by atoms with Crippen molar-refractivity contribution in [1.29, 1.82) is 0 Å². The lowest BCUT2D eigenvalue weighted by molar-refractivity contribution is 0.182. The molecule has 2 nitrogen and oxygen atoms in total. The molecule has 0 saturated carbocycles. The summed E-state index contributed by atoms with van der Waals surface area (Å²) in [4.78, 5) is 2.43. The molecule has 1 heterocycles. The molecular weight excluding hydrogens is 259 g/mol. The summed E-state index contributed by atoms with van der Waals surface area (Å²) in [6.45, 7) is 4.20. The highest BCUT2D eigenvalue weighted by Gasteiger charge is 2.26. The van der Waals surface area contributed by atoms with E-state index in [0.29, 0.717) is 0 Å². The Balaban J connectivity index is 2.24. The van der Waals surface area contributed by atoms with E-state index in [1.807, 2.05) is 17.8 Å². The predicted molar refractivity (Wildman–Crippen MR) is 80.9 cm³/mol. The summed E-state index contributed by atoms with van der Waals surface area (Å²) in [5, 5.41) is 0. The first-order valence-corrected chi connectivity index (χ1v) is 8.20. The first kappa shape index (κ1) is 14.8. The van der Waals surface area contributed by atoms with E-state index in [1.165, 1.54) is 18.2 Å². The number of benzene rings is 1. The highest BCUT2D eigenvalue weighted by atomic mass is 32.2. The molecule has 1 saturated heterocycles. The third-order valence-electron chi connectivity index (χ3n) is 3.72. The van der Waals surface area contributed by atoms with Gasteiger partial charge in [-0.25, -0.2) is 4.39 Å². The van der Waals surface area contributed by atoms with Crippen LogP contribution in [-0.4, -0.2) is 35.5 Å². The van der Waals surface area contributed by atoms with Crippen molar-refractivity contribution in [2.45, 2.75) is 31.8 Å². The molecule has 0 amide bonds. The molecule has 1 aliphatic rings. The van der Waals surface area contributed by atoms with Gasteiger partial charge in [0.1, 0.15) is 5.82 Å². The first-order chi connectivity index (χ1) is 9.22. The monoisotopic (exact) mass is 282 g/mol. The van der Waals surface area contributed by atoms with Crippen LogP contribution in [0, 0.1) is 5.82 Å². The van der Waals surface area contributed by atoms with E-state index in [1.54, 1.807) is 12.1 Å². The van der Waals surface area contributed by atoms with Gasteiger partial charge >= 0.3 is 0 Å². The lowest BCUT2D eigenvalue weighted by Crippen LogP contribution is -2.42. The number of nitrogens with two attached hydrogens (primary N) is 1. The molecule has 0 aliphatic carbocycles. The number of hydrogen-bond donors (Lipinski definition) is 1. The lowest BCUT2D eigenvalue weighted by atomic mass is 9.96. The summed E-state index contributed by atoms with van der Waals surface area (Å²) in [5.74, 6) is 2.19. The zero-order chi connectivity index (χ0) is 13.7. The summed E-state index contributed by atoms with van der Waals surface area (Å²) < 4.78 is 13.5. The quantitative estimate of drug-likeness (QED) is 0.920. The zero-order valence-electron chi connectivity index (χ0n) is 11.5. The average Bonchev–Trinajstić information content (AvgIpc) is 2.68. The Bertz CT molecular complexity index is 391. The molecule has 0 bridgehead atoms. The number of nitrogens with zero attached hydrogens (tertiary/aromatic N) is 1. The summed E-state index contributed by atoms with van der Waals surface area (Å²) in [5.41, 5.74) is 7.33. The van der Waals surface area contributed by atoms with Crippen molar-refractivity contribution in [2.75, 3.05) is 24.6 Å². The molecule has 0 radical (unpaired) electrons. The van der Waals surface area contributed by atoms with Crippen LogP contribution in [0.2, 0.25) is 0 Å². The standard InChI is InChI=1S/C15H23FN2S/c1-2-14(17)15(12-5-3-6-13(16)11-12)18-7-4-9-19-10-8-18/h3,5-6,11,14-15H,2,4,7-10,17H2,1H3. The van der Waals surface area contributed by atoms with Crippen molar-refractivity contribution in [3.05, 3.63) is 35.6 Å². The van der Waals surface area contributed by atoms with E-state index in [0.717, 1.165) is 30.8 Å². The van der Waals surface area contributed by atoms with Crippen molar-refractivity contribution in [3.8, 4) is 0 Å². The topological polar surface area (TPSA) is 29.3 Å². The number of halogens is 1. The van der Waals surface area contributed by atoms with Crippen LogP contribution in [0.25, 0.3) is 0 Å². The molecule has 2 unspecified atom stereocenters. The predicted octanol–water partition coefficient (Wildman–Crippen LogP) is 3.04. The third kappa shape index (κ3) is 3.94. The van der Waals surface area contributed by atoms with Gasteiger partial charge in [-0.15, -0.1) is 0 Å². The van der Waals surface area contributed by atoms with Gasteiger partial charge in [0.25, 0.3) is 0 Å². The molecule has 1 fully saturated rings. The summed E-state index contributed by atoms with van der Waals surface area (Å²) in [7, 11) is 0. The van der Waals surface area contributed by atoms with Crippen LogP contribution in [0.1, 0.15) is 31.4 Å². The van der Waals surface area contributed by atoms with Crippen molar-refractivity contribution in [3.63, 3.8) is 0 Å². The molecule has 2 rings (SSSR count). The van der Waals surface area contributed by atoms with Crippen molar-refractivity contribution in [1.82, 2.24) is 4.90 Å². The van der Waals surface area contributed by atoms with Crippen molar-refractivity contribution < 1.29 is 4.39 Å². The smallest absolute Gasteiger partial charge is 0.123 e. The molecule has 1 aromatic carbocycles. The van der Waals surface area contributed by atoms with Crippen LogP contribution in [0.4, 0.5) is 4.39 Å². The Morgan fingerprint density at radius 1 is 1.37 bits per heavy atom. The molecule has 0 spiro atoms.